The number of aliphatic hydroxyl groups excluding tert-OH is 3. The second kappa shape index (κ2) is 11.8. The minimum Gasteiger partial charge on any atom is -0.461 e. The maximum Gasteiger partial charge on any atom is 0.360 e. The first kappa shape index (κ1) is 24.9. The molecule has 0 spiro atoms. The van der Waals surface area contributed by atoms with Gasteiger partial charge in [0.1, 0.15) is 17.6 Å². The van der Waals surface area contributed by atoms with Gasteiger partial charge in [0.15, 0.2) is 5.69 Å². The van der Waals surface area contributed by atoms with Gasteiger partial charge < -0.3 is 24.8 Å². The summed E-state index contributed by atoms with van der Waals surface area (Å²) in [6.07, 6.45) is -1.69. The van der Waals surface area contributed by atoms with Gasteiger partial charge in [-0.2, -0.15) is 0 Å². The van der Waals surface area contributed by atoms with Gasteiger partial charge >= 0.3 is 5.97 Å². The topological polar surface area (TPSA) is 127 Å². The van der Waals surface area contributed by atoms with Gasteiger partial charge in [-0.3, -0.25) is 0 Å². The lowest BCUT2D eigenvalue weighted by molar-refractivity contribution is -0.0972. The summed E-state index contributed by atoms with van der Waals surface area (Å²) in [5.74, 6) is -0.620. The number of aliphatic hydroxyl groups is 3. The van der Waals surface area contributed by atoms with E-state index in [-0.39, 0.29) is 18.8 Å². The highest BCUT2D eigenvalue weighted by molar-refractivity contribution is 7.99. The molecule has 166 valence electrons. The highest BCUT2D eigenvalue weighted by Gasteiger charge is 2.28. The Bertz CT molecular complexity index is 838. The van der Waals surface area contributed by atoms with E-state index < -0.39 is 36.3 Å². The fourth-order valence-electron chi connectivity index (χ4n) is 2.33. The highest BCUT2D eigenvalue weighted by atomic mass is 35.5. The number of carbonyl (C=O) groups is 1. The van der Waals surface area contributed by atoms with Crippen LogP contribution in [-0.2, 0) is 16.0 Å². The third-order valence-electron chi connectivity index (χ3n) is 3.88. The lowest BCUT2D eigenvalue weighted by Gasteiger charge is -2.28. The van der Waals surface area contributed by atoms with Crippen molar-refractivity contribution >= 4 is 40.9 Å². The molecule has 0 aliphatic rings. The number of ether oxygens (including phenoxy) is 2. The molecule has 0 radical (unpaired) electrons. The number of benzene rings is 1. The number of esters is 1. The second-order valence-corrected chi connectivity index (χ2v) is 8.26. The Morgan fingerprint density at radius 1 is 1.30 bits per heavy atom. The lowest BCUT2D eigenvalue weighted by atomic mass is 10.2. The molecule has 0 bridgehead atoms. The summed E-state index contributed by atoms with van der Waals surface area (Å²) in [6.45, 7) is 2.83. The molecule has 9 nitrogen and oxygen atoms in total. The summed E-state index contributed by atoms with van der Waals surface area (Å²) in [4.78, 5) is 12.4. The van der Waals surface area contributed by atoms with Crippen LogP contribution in [0.2, 0.25) is 10.0 Å². The van der Waals surface area contributed by atoms with Crippen LogP contribution in [0.4, 0.5) is 0 Å². The van der Waals surface area contributed by atoms with E-state index in [0.717, 1.165) is 11.8 Å². The Labute approximate surface area is 187 Å². The minimum atomic E-state index is -1.14. The van der Waals surface area contributed by atoms with Crippen LogP contribution in [0.3, 0.4) is 0 Å². The molecular formula is C18H23Cl2N3O6S. The van der Waals surface area contributed by atoms with Gasteiger partial charge in [-0.05, 0) is 32.0 Å². The number of aromatic nitrogens is 3. The van der Waals surface area contributed by atoms with E-state index in [4.69, 9.17) is 32.7 Å². The van der Waals surface area contributed by atoms with E-state index in [9.17, 15) is 20.1 Å². The number of hydrogen-bond acceptors (Lipinski definition) is 9. The molecule has 0 aliphatic carbocycles. The molecule has 1 aromatic carbocycles. The Morgan fingerprint density at radius 2 is 2.03 bits per heavy atom. The molecule has 12 heteroatoms. The van der Waals surface area contributed by atoms with E-state index in [1.807, 2.05) is 0 Å². The summed E-state index contributed by atoms with van der Waals surface area (Å²) in [5.41, 5.74) is -0.903. The van der Waals surface area contributed by atoms with E-state index in [1.54, 1.807) is 25.1 Å². The SMILES string of the molecule is CCOC(=O)c1cn(C[C@H](O)C(OC(CO)[C@@H](C)O)Sc2ccc(Cl)c(Cl)c2)nn1. The smallest absolute Gasteiger partial charge is 0.360 e. The Balaban J connectivity index is 2.17. The Hall–Kier alpha value is -1.40. The number of halogens is 2. The van der Waals surface area contributed by atoms with Gasteiger partial charge in [0, 0.05) is 4.90 Å². The number of carbonyl (C=O) groups excluding carboxylic acids is 1. The molecule has 2 aromatic rings. The second-order valence-electron chi connectivity index (χ2n) is 6.27. The number of nitrogens with zero attached hydrogens (tertiary/aromatic N) is 3. The van der Waals surface area contributed by atoms with Crippen molar-refractivity contribution in [2.45, 2.75) is 49.0 Å². The summed E-state index contributed by atoms with van der Waals surface area (Å²) < 4.78 is 11.9. The third kappa shape index (κ3) is 7.09. The van der Waals surface area contributed by atoms with Crippen molar-refractivity contribution < 1.29 is 29.6 Å². The van der Waals surface area contributed by atoms with Crippen molar-refractivity contribution in [2.24, 2.45) is 0 Å². The van der Waals surface area contributed by atoms with E-state index in [2.05, 4.69) is 10.3 Å². The van der Waals surface area contributed by atoms with E-state index >= 15 is 0 Å². The summed E-state index contributed by atoms with van der Waals surface area (Å²) in [6, 6.07) is 4.92. The molecule has 0 fully saturated rings. The molecule has 4 atom stereocenters. The van der Waals surface area contributed by atoms with Crippen LogP contribution < -0.4 is 0 Å². The maximum atomic E-state index is 11.7. The van der Waals surface area contributed by atoms with Crippen LogP contribution >= 0.6 is 35.0 Å². The highest BCUT2D eigenvalue weighted by Crippen LogP contribution is 2.33. The monoisotopic (exact) mass is 479 g/mol. The molecule has 30 heavy (non-hydrogen) atoms. The van der Waals surface area contributed by atoms with Gasteiger partial charge in [-0.1, -0.05) is 40.2 Å². The van der Waals surface area contributed by atoms with Gasteiger partial charge in [-0.15, -0.1) is 5.10 Å². The first-order valence-electron chi connectivity index (χ1n) is 9.06. The summed E-state index contributed by atoms with van der Waals surface area (Å²) >= 11 is 13.1. The molecule has 1 heterocycles. The standard InChI is InChI=1S/C18H23Cl2N3O6S/c1-3-28-17(27)14-7-23(22-21-14)8-15(26)18(29-16(9-24)10(2)25)30-11-4-5-12(19)13(20)6-11/h4-7,10,15-16,18,24-26H,3,8-9H2,1-2H3/t10-,15+,16?,18?/m1/s1. The zero-order valence-electron chi connectivity index (χ0n) is 16.3. The van der Waals surface area contributed by atoms with E-state index in [1.165, 1.54) is 17.8 Å². The first-order chi connectivity index (χ1) is 14.2. The average Bonchev–Trinajstić information content (AvgIpc) is 3.16. The van der Waals surface area contributed by atoms with Crippen LogP contribution in [0.25, 0.3) is 0 Å². The van der Waals surface area contributed by atoms with Crippen molar-refractivity contribution in [3.8, 4) is 0 Å². The average molecular weight is 480 g/mol. The fourth-order valence-corrected chi connectivity index (χ4v) is 3.73. The van der Waals surface area contributed by atoms with Crippen LogP contribution in [0.5, 0.6) is 0 Å². The van der Waals surface area contributed by atoms with Crippen LogP contribution in [0.1, 0.15) is 24.3 Å². The molecule has 0 saturated heterocycles. The van der Waals surface area contributed by atoms with Crippen molar-refractivity contribution in [1.82, 2.24) is 15.0 Å². The van der Waals surface area contributed by atoms with Crippen molar-refractivity contribution in [2.75, 3.05) is 13.2 Å². The molecular weight excluding hydrogens is 457 g/mol. The van der Waals surface area contributed by atoms with Crippen LogP contribution in [0.15, 0.2) is 29.3 Å². The number of hydrogen-bond donors (Lipinski definition) is 3. The Kier molecular flexibility index (Phi) is 9.82. The minimum absolute atomic E-state index is 0.0101. The maximum absolute atomic E-state index is 11.7. The molecule has 0 aliphatic heterocycles. The van der Waals surface area contributed by atoms with Gasteiger partial charge in [0.05, 0.1) is 42.1 Å². The fraction of sp³-hybridized carbons (Fsp3) is 0.500. The molecule has 2 unspecified atom stereocenters. The number of thioether (sulfide) groups is 1. The van der Waals surface area contributed by atoms with Gasteiger partial charge in [0.25, 0.3) is 0 Å². The molecule has 0 amide bonds. The Morgan fingerprint density at radius 3 is 2.63 bits per heavy atom. The predicted octanol–water partition coefficient (Wildman–Crippen LogP) is 2.00. The first-order valence-corrected chi connectivity index (χ1v) is 10.7. The normalized spacial score (nSPS) is 15.4. The third-order valence-corrected chi connectivity index (χ3v) is 5.80. The predicted molar refractivity (Wildman–Crippen MR) is 112 cm³/mol. The van der Waals surface area contributed by atoms with Gasteiger partial charge in [0.2, 0.25) is 0 Å². The molecule has 3 N–H and O–H groups in total. The zero-order valence-corrected chi connectivity index (χ0v) is 18.6. The quantitative estimate of drug-likeness (QED) is 0.251. The van der Waals surface area contributed by atoms with Crippen LogP contribution in [-0.4, -0.2) is 73.2 Å². The van der Waals surface area contributed by atoms with Crippen molar-refractivity contribution in [1.29, 1.82) is 0 Å². The van der Waals surface area contributed by atoms with Crippen molar-refractivity contribution in [3.05, 3.63) is 40.1 Å². The molecule has 0 saturated carbocycles. The summed E-state index contributed by atoms with van der Waals surface area (Å²) in [7, 11) is 0. The van der Waals surface area contributed by atoms with Crippen LogP contribution in [0, 0.1) is 0 Å². The summed E-state index contributed by atoms with van der Waals surface area (Å²) in [5, 5.41) is 38.3. The zero-order chi connectivity index (χ0) is 22.3. The number of rotatable bonds is 11. The van der Waals surface area contributed by atoms with Gasteiger partial charge in [-0.25, -0.2) is 9.48 Å². The molecule has 2 rings (SSSR count). The largest absolute Gasteiger partial charge is 0.461 e. The molecule has 1 aromatic heterocycles. The van der Waals surface area contributed by atoms with Crippen molar-refractivity contribution in [3.63, 3.8) is 0 Å². The lowest BCUT2D eigenvalue weighted by Crippen LogP contribution is -2.39. The van der Waals surface area contributed by atoms with E-state index in [0.29, 0.717) is 14.9 Å².